The summed E-state index contributed by atoms with van der Waals surface area (Å²) in [5.74, 6) is 1.33. The topological polar surface area (TPSA) is 65.4 Å². The van der Waals surface area contributed by atoms with Crippen LogP contribution < -0.4 is 14.8 Å². The molecule has 1 amide bonds. The fourth-order valence-corrected chi connectivity index (χ4v) is 2.61. The van der Waals surface area contributed by atoms with E-state index < -0.39 is 0 Å². The molecule has 128 valence electrons. The first-order valence-electron chi connectivity index (χ1n) is 7.77. The molecule has 0 radical (unpaired) electrons. The van der Waals surface area contributed by atoms with Gasteiger partial charge in [0.1, 0.15) is 11.5 Å². The number of nitrogens with one attached hydrogen (secondary N) is 1. The number of ether oxygens (including phenoxy) is 2. The van der Waals surface area contributed by atoms with Crippen LogP contribution in [0, 0.1) is 0 Å². The van der Waals surface area contributed by atoms with Crippen LogP contribution in [-0.2, 0) is 4.79 Å². The van der Waals surface area contributed by atoms with E-state index in [1.165, 1.54) is 6.92 Å². The van der Waals surface area contributed by atoms with Gasteiger partial charge in [0, 0.05) is 24.2 Å². The lowest BCUT2D eigenvalue weighted by Crippen LogP contribution is -2.06. The standard InChI is InChI=1S/C19H19N3O3/c1-13(23)21-14-4-6-15(7-5-14)22-18(10-11-20-22)17-9-8-16(24-2)12-19(17)25-3/h4-12H,1-3H3,(H,21,23). The SMILES string of the molecule is COc1ccc(-c2ccnn2-c2ccc(NC(C)=O)cc2)c(OC)c1. The van der Waals surface area contributed by atoms with Crippen LogP contribution in [0.1, 0.15) is 6.92 Å². The van der Waals surface area contributed by atoms with Gasteiger partial charge in [0.25, 0.3) is 0 Å². The maximum absolute atomic E-state index is 11.1. The van der Waals surface area contributed by atoms with Crippen LogP contribution in [0.15, 0.2) is 54.7 Å². The van der Waals surface area contributed by atoms with Crippen molar-refractivity contribution < 1.29 is 14.3 Å². The molecule has 0 aliphatic rings. The second-order valence-corrected chi connectivity index (χ2v) is 5.42. The van der Waals surface area contributed by atoms with Crippen LogP contribution in [0.3, 0.4) is 0 Å². The number of amides is 1. The molecule has 0 spiro atoms. The molecular formula is C19H19N3O3. The van der Waals surface area contributed by atoms with Gasteiger partial charge >= 0.3 is 0 Å². The third kappa shape index (κ3) is 3.47. The molecular weight excluding hydrogens is 318 g/mol. The fourth-order valence-electron chi connectivity index (χ4n) is 2.61. The van der Waals surface area contributed by atoms with Gasteiger partial charge < -0.3 is 14.8 Å². The Morgan fingerprint density at radius 3 is 2.44 bits per heavy atom. The Morgan fingerprint density at radius 1 is 1.04 bits per heavy atom. The van der Waals surface area contributed by atoms with Crippen LogP contribution in [0.25, 0.3) is 16.9 Å². The molecule has 0 fully saturated rings. The van der Waals surface area contributed by atoms with Crippen molar-refractivity contribution in [2.24, 2.45) is 0 Å². The van der Waals surface area contributed by atoms with E-state index in [2.05, 4.69) is 10.4 Å². The fraction of sp³-hybridized carbons (Fsp3) is 0.158. The highest BCUT2D eigenvalue weighted by Crippen LogP contribution is 2.34. The first-order valence-corrected chi connectivity index (χ1v) is 7.77. The minimum absolute atomic E-state index is 0.101. The second kappa shape index (κ2) is 7.09. The van der Waals surface area contributed by atoms with Crippen molar-refractivity contribution in [3.8, 4) is 28.4 Å². The van der Waals surface area contributed by atoms with E-state index in [9.17, 15) is 4.79 Å². The summed E-state index contributed by atoms with van der Waals surface area (Å²) in [7, 11) is 3.25. The zero-order valence-corrected chi connectivity index (χ0v) is 14.3. The smallest absolute Gasteiger partial charge is 0.221 e. The van der Waals surface area contributed by atoms with Gasteiger partial charge in [-0.05, 0) is 42.5 Å². The van der Waals surface area contributed by atoms with Gasteiger partial charge in [-0.25, -0.2) is 4.68 Å². The second-order valence-electron chi connectivity index (χ2n) is 5.42. The average Bonchev–Trinajstić information content (AvgIpc) is 3.10. The molecule has 0 saturated carbocycles. The Balaban J connectivity index is 2.00. The van der Waals surface area contributed by atoms with Crippen LogP contribution in [0.2, 0.25) is 0 Å². The lowest BCUT2D eigenvalue weighted by atomic mass is 10.1. The van der Waals surface area contributed by atoms with E-state index in [0.29, 0.717) is 5.75 Å². The van der Waals surface area contributed by atoms with E-state index in [4.69, 9.17) is 9.47 Å². The van der Waals surface area contributed by atoms with Crippen molar-refractivity contribution in [1.29, 1.82) is 0 Å². The van der Waals surface area contributed by atoms with Crippen LogP contribution in [0.5, 0.6) is 11.5 Å². The number of nitrogens with zero attached hydrogens (tertiary/aromatic N) is 2. The summed E-state index contributed by atoms with van der Waals surface area (Å²) in [6, 6.07) is 15.1. The van der Waals surface area contributed by atoms with E-state index >= 15 is 0 Å². The van der Waals surface area contributed by atoms with Crippen LogP contribution >= 0.6 is 0 Å². The van der Waals surface area contributed by atoms with Gasteiger partial charge in [0.2, 0.25) is 5.91 Å². The monoisotopic (exact) mass is 337 g/mol. The number of rotatable bonds is 5. The molecule has 3 aromatic rings. The van der Waals surface area contributed by atoms with Crippen LogP contribution in [0.4, 0.5) is 5.69 Å². The Hall–Kier alpha value is -3.28. The molecule has 25 heavy (non-hydrogen) atoms. The lowest BCUT2D eigenvalue weighted by molar-refractivity contribution is -0.114. The van der Waals surface area contributed by atoms with E-state index in [1.807, 2.05) is 53.2 Å². The molecule has 0 unspecified atom stereocenters. The highest BCUT2D eigenvalue weighted by atomic mass is 16.5. The molecule has 0 saturated heterocycles. The summed E-state index contributed by atoms with van der Waals surface area (Å²) < 4.78 is 12.6. The Bertz CT molecular complexity index is 885. The summed E-state index contributed by atoms with van der Waals surface area (Å²) in [6.07, 6.45) is 1.74. The minimum atomic E-state index is -0.101. The van der Waals surface area contributed by atoms with Crippen molar-refractivity contribution in [2.45, 2.75) is 6.92 Å². The van der Waals surface area contributed by atoms with Crippen LogP contribution in [-0.4, -0.2) is 29.9 Å². The zero-order chi connectivity index (χ0) is 17.8. The van der Waals surface area contributed by atoms with Gasteiger partial charge in [-0.1, -0.05) is 0 Å². The number of hydrogen-bond acceptors (Lipinski definition) is 4. The molecule has 3 rings (SSSR count). The number of carbonyl (C=O) groups is 1. The summed E-state index contributed by atoms with van der Waals surface area (Å²) in [5.41, 5.74) is 3.43. The third-order valence-corrected chi connectivity index (χ3v) is 3.76. The molecule has 0 atom stereocenters. The van der Waals surface area contributed by atoms with E-state index in [1.54, 1.807) is 20.4 Å². The molecule has 0 bridgehead atoms. The molecule has 0 aliphatic carbocycles. The highest BCUT2D eigenvalue weighted by molar-refractivity contribution is 5.88. The van der Waals surface area contributed by atoms with Crippen molar-refractivity contribution in [3.05, 3.63) is 54.7 Å². The van der Waals surface area contributed by atoms with Crippen molar-refractivity contribution in [2.75, 3.05) is 19.5 Å². The van der Waals surface area contributed by atoms with Gasteiger partial charge in [0.15, 0.2) is 0 Å². The third-order valence-electron chi connectivity index (χ3n) is 3.76. The number of hydrogen-bond donors (Lipinski definition) is 1. The van der Waals surface area contributed by atoms with Crippen molar-refractivity contribution >= 4 is 11.6 Å². The Labute approximate surface area is 146 Å². The quantitative estimate of drug-likeness (QED) is 0.774. The summed E-state index contributed by atoms with van der Waals surface area (Å²) in [5, 5.41) is 7.17. The van der Waals surface area contributed by atoms with Crippen molar-refractivity contribution in [1.82, 2.24) is 9.78 Å². The van der Waals surface area contributed by atoms with Gasteiger partial charge in [-0.3, -0.25) is 4.79 Å². The number of aromatic nitrogens is 2. The van der Waals surface area contributed by atoms with E-state index in [0.717, 1.165) is 28.4 Å². The largest absolute Gasteiger partial charge is 0.497 e. The average molecular weight is 337 g/mol. The Kier molecular flexibility index (Phi) is 4.70. The number of anilines is 1. The highest BCUT2D eigenvalue weighted by Gasteiger charge is 2.13. The molecule has 0 aliphatic heterocycles. The summed E-state index contributed by atoms with van der Waals surface area (Å²) in [6.45, 7) is 1.48. The van der Waals surface area contributed by atoms with Gasteiger partial charge in [-0.2, -0.15) is 5.10 Å². The molecule has 6 nitrogen and oxygen atoms in total. The van der Waals surface area contributed by atoms with Gasteiger partial charge in [-0.15, -0.1) is 0 Å². The molecule has 2 aromatic carbocycles. The van der Waals surface area contributed by atoms with E-state index in [-0.39, 0.29) is 5.91 Å². The Morgan fingerprint density at radius 2 is 1.80 bits per heavy atom. The number of benzene rings is 2. The van der Waals surface area contributed by atoms with Gasteiger partial charge in [0.05, 0.1) is 31.8 Å². The number of methoxy groups -OCH3 is 2. The lowest BCUT2D eigenvalue weighted by Gasteiger charge is -2.13. The normalized spacial score (nSPS) is 10.4. The number of carbonyl (C=O) groups excluding carboxylic acids is 1. The first-order chi connectivity index (χ1) is 12.1. The predicted octanol–water partition coefficient (Wildman–Crippen LogP) is 3.51. The maximum Gasteiger partial charge on any atom is 0.221 e. The van der Waals surface area contributed by atoms with Crippen molar-refractivity contribution in [3.63, 3.8) is 0 Å². The molecule has 1 heterocycles. The first kappa shape index (κ1) is 16.6. The minimum Gasteiger partial charge on any atom is -0.497 e. The summed E-state index contributed by atoms with van der Waals surface area (Å²) in [4.78, 5) is 11.1. The predicted molar refractivity (Wildman–Crippen MR) is 96.4 cm³/mol. The zero-order valence-electron chi connectivity index (χ0n) is 14.3. The molecule has 6 heteroatoms. The maximum atomic E-state index is 11.1. The molecule has 1 N–H and O–H groups in total. The summed E-state index contributed by atoms with van der Waals surface area (Å²) >= 11 is 0. The molecule has 1 aromatic heterocycles.